The highest BCUT2D eigenvalue weighted by atomic mass is 33.1. The summed E-state index contributed by atoms with van der Waals surface area (Å²) in [4.78, 5) is 0. The number of rotatable bonds is 11. The third kappa shape index (κ3) is 6.88. The number of aryl methyl sites for hydroxylation is 1. The molecule has 0 N–H and O–H groups in total. The molecule has 45 heavy (non-hydrogen) atoms. The summed E-state index contributed by atoms with van der Waals surface area (Å²) in [5.41, 5.74) is 18.5. The predicted octanol–water partition coefficient (Wildman–Crippen LogP) is 11.8. The molecule has 0 nitrogen and oxygen atoms in total. The van der Waals surface area contributed by atoms with Crippen molar-refractivity contribution in [1.82, 2.24) is 0 Å². The van der Waals surface area contributed by atoms with Gasteiger partial charge in [-0.05, 0) is 72.6 Å². The number of hydrogen-bond acceptors (Lipinski definition) is 2. The van der Waals surface area contributed by atoms with Crippen LogP contribution in [0.5, 0.6) is 0 Å². The van der Waals surface area contributed by atoms with Crippen LogP contribution in [0.2, 0.25) is 0 Å². The zero-order valence-electron chi connectivity index (χ0n) is 25.7. The Morgan fingerprint density at radius 2 is 1.53 bits per heavy atom. The molecule has 2 atom stereocenters. The Bertz CT molecular complexity index is 1870. The molecule has 0 saturated heterocycles. The maximum Gasteiger partial charge on any atom is 0.108 e. The largest absolute Gasteiger partial charge is 0.121 e. The van der Waals surface area contributed by atoms with Crippen LogP contribution < -0.4 is 0 Å². The molecular formula is C43H36S2. The molecular weight excluding hydrogens is 581 g/mol. The standard InChI is InChI=1S/C43H36S2/c1-4-6-24-36(22-5-2)43(40-31-19-12-20-32-40,41-33-21-23-35(3)34-41)45-44-42(39-29-17-11-18-30-39,37-25-13-7-8-14-26-37)38-27-15-9-10-16-28-38/h4-9,11-23,25,27-34H,1H2,2-3H3/b22-5-. The monoisotopic (exact) mass is 616 g/mol. The van der Waals surface area contributed by atoms with E-state index < -0.39 is 9.49 Å². The lowest BCUT2D eigenvalue weighted by Gasteiger charge is -2.41. The first-order valence-electron chi connectivity index (χ1n) is 15.0. The quantitative estimate of drug-likeness (QED) is 0.119. The fourth-order valence-corrected chi connectivity index (χ4v) is 9.57. The van der Waals surface area contributed by atoms with Gasteiger partial charge in [-0.25, -0.2) is 0 Å². The van der Waals surface area contributed by atoms with Gasteiger partial charge in [-0.1, -0.05) is 167 Å². The van der Waals surface area contributed by atoms with Crippen LogP contribution in [0.1, 0.15) is 29.2 Å². The Balaban J connectivity index is 1.86. The molecule has 0 fully saturated rings. The molecule has 0 saturated carbocycles. The Labute approximate surface area is 276 Å². The van der Waals surface area contributed by atoms with Crippen molar-refractivity contribution in [2.24, 2.45) is 0 Å². The lowest BCUT2D eigenvalue weighted by Crippen LogP contribution is -2.29. The van der Waals surface area contributed by atoms with Crippen molar-refractivity contribution in [2.45, 2.75) is 23.3 Å². The van der Waals surface area contributed by atoms with E-state index in [0.29, 0.717) is 0 Å². The number of allylic oxidation sites excluding steroid dienone is 11. The van der Waals surface area contributed by atoms with Crippen LogP contribution in [0.4, 0.5) is 0 Å². The number of hydrogen-bond donors (Lipinski definition) is 0. The smallest absolute Gasteiger partial charge is 0.108 e. The molecule has 3 aromatic carbocycles. The van der Waals surface area contributed by atoms with Gasteiger partial charge in [-0.2, -0.15) is 0 Å². The van der Waals surface area contributed by atoms with E-state index in [4.69, 9.17) is 0 Å². The van der Waals surface area contributed by atoms with E-state index in [9.17, 15) is 0 Å². The van der Waals surface area contributed by atoms with E-state index in [0.717, 1.165) is 16.7 Å². The SMILES string of the molecule is C=CC=C=C(/C=C\C)C(SSC(C1=C=CC=CC=C1)(C1=CC=C=CC=C1)c1ccccc1)(c1ccccc1)c1cccc(C)c1. The molecule has 0 heterocycles. The van der Waals surface area contributed by atoms with Crippen LogP contribution >= 0.6 is 21.6 Å². The molecule has 2 unspecified atom stereocenters. The van der Waals surface area contributed by atoms with Gasteiger partial charge in [0, 0.05) is 11.1 Å². The van der Waals surface area contributed by atoms with E-state index in [2.05, 4.69) is 171 Å². The van der Waals surface area contributed by atoms with E-state index in [1.54, 1.807) is 6.08 Å². The summed E-state index contributed by atoms with van der Waals surface area (Å²) in [7, 11) is 3.69. The van der Waals surface area contributed by atoms with Crippen molar-refractivity contribution in [3.63, 3.8) is 0 Å². The normalized spacial score (nSPS) is 16.1. The summed E-state index contributed by atoms with van der Waals surface area (Å²) in [5.74, 6) is 0. The molecule has 0 radical (unpaired) electrons. The van der Waals surface area contributed by atoms with Gasteiger partial charge < -0.3 is 0 Å². The molecule has 0 aliphatic heterocycles. The van der Waals surface area contributed by atoms with Gasteiger partial charge in [0.25, 0.3) is 0 Å². The van der Waals surface area contributed by atoms with Crippen LogP contribution in [-0.2, 0) is 9.49 Å². The molecule has 0 spiro atoms. The van der Waals surface area contributed by atoms with Gasteiger partial charge >= 0.3 is 0 Å². The average molecular weight is 617 g/mol. The highest BCUT2D eigenvalue weighted by Crippen LogP contribution is 2.63. The molecule has 220 valence electrons. The van der Waals surface area contributed by atoms with Crippen molar-refractivity contribution in [3.05, 3.63) is 233 Å². The molecule has 3 aromatic rings. The average Bonchev–Trinajstić information content (AvgIpc) is 3.53. The minimum absolute atomic E-state index is 0.634. The maximum absolute atomic E-state index is 3.98. The highest BCUT2D eigenvalue weighted by Gasteiger charge is 2.46. The summed E-state index contributed by atoms with van der Waals surface area (Å²) in [5, 5.41) is 0. The third-order valence-corrected chi connectivity index (χ3v) is 11.3. The van der Waals surface area contributed by atoms with Crippen molar-refractivity contribution in [3.8, 4) is 0 Å². The Hall–Kier alpha value is -4.64. The van der Waals surface area contributed by atoms with Gasteiger partial charge in [-0.15, -0.1) is 17.2 Å². The Kier molecular flexibility index (Phi) is 10.9. The van der Waals surface area contributed by atoms with Crippen molar-refractivity contribution in [2.75, 3.05) is 0 Å². The second-order valence-corrected chi connectivity index (χ2v) is 13.1. The minimum Gasteiger partial charge on any atom is -0.121 e. The molecule has 0 amide bonds. The summed E-state index contributed by atoms with van der Waals surface area (Å²) in [6.45, 7) is 8.19. The summed E-state index contributed by atoms with van der Waals surface area (Å²) in [6, 6.07) is 30.4. The molecule has 2 heteroatoms. The Morgan fingerprint density at radius 1 is 0.778 bits per heavy atom. The summed E-state index contributed by atoms with van der Waals surface area (Å²) < 4.78 is -1.27. The molecule has 5 rings (SSSR count). The third-order valence-electron chi connectivity index (χ3n) is 7.58. The van der Waals surface area contributed by atoms with E-state index >= 15 is 0 Å². The zero-order valence-corrected chi connectivity index (χ0v) is 27.3. The van der Waals surface area contributed by atoms with Crippen LogP contribution in [0.25, 0.3) is 0 Å². The molecule has 0 aromatic heterocycles. The Morgan fingerprint density at radius 3 is 2.27 bits per heavy atom. The van der Waals surface area contributed by atoms with Crippen molar-refractivity contribution in [1.29, 1.82) is 0 Å². The summed E-state index contributed by atoms with van der Waals surface area (Å²) >= 11 is 0. The fraction of sp³-hybridized carbons (Fsp3) is 0.0930. The molecule has 2 aliphatic rings. The highest BCUT2D eigenvalue weighted by molar-refractivity contribution is 8.77. The first kappa shape index (κ1) is 31.8. The molecule has 0 bridgehead atoms. The first-order chi connectivity index (χ1) is 22.1. The van der Waals surface area contributed by atoms with Gasteiger partial charge in [0.15, 0.2) is 0 Å². The van der Waals surface area contributed by atoms with Crippen LogP contribution in [0.3, 0.4) is 0 Å². The fourth-order valence-electron chi connectivity index (χ4n) is 5.52. The topological polar surface area (TPSA) is 0 Å². The van der Waals surface area contributed by atoms with E-state index in [-0.39, 0.29) is 0 Å². The lowest BCUT2D eigenvalue weighted by atomic mass is 9.83. The van der Waals surface area contributed by atoms with Crippen molar-refractivity contribution < 1.29 is 0 Å². The zero-order chi connectivity index (χ0) is 31.4. The van der Waals surface area contributed by atoms with E-state index in [1.807, 2.05) is 52.0 Å². The molecule has 2 aliphatic carbocycles. The number of benzene rings is 3. The van der Waals surface area contributed by atoms with Gasteiger partial charge in [0.1, 0.15) is 9.49 Å². The lowest BCUT2D eigenvalue weighted by molar-refractivity contribution is 0.892. The van der Waals surface area contributed by atoms with E-state index in [1.165, 1.54) is 22.3 Å². The van der Waals surface area contributed by atoms with Gasteiger partial charge in [-0.3, -0.25) is 0 Å². The van der Waals surface area contributed by atoms with Crippen LogP contribution in [0.15, 0.2) is 210 Å². The second-order valence-electron chi connectivity index (χ2n) is 10.5. The van der Waals surface area contributed by atoms with Crippen LogP contribution in [0, 0.1) is 6.92 Å². The first-order valence-corrected chi connectivity index (χ1v) is 17.2. The van der Waals surface area contributed by atoms with Gasteiger partial charge in [0.05, 0.1) is 0 Å². The van der Waals surface area contributed by atoms with Crippen LogP contribution in [-0.4, -0.2) is 0 Å². The maximum atomic E-state index is 3.98. The van der Waals surface area contributed by atoms with Gasteiger partial charge in [0.2, 0.25) is 0 Å². The predicted molar refractivity (Wildman–Crippen MR) is 198 cm³/mol. The summed E-state index contributed by atoms with van der Waals surface area (Å²) in [6.07, 6.45) is 28.8. The van der Waals surface area contributed by atoms with Crippen molar-refractivity contribution >= 4 is 21.6 Å². The minimum atomic E-state index is -0.635. The second kappa shape index (κ2) is 15.4.